The molecule has 0 aliphatic heterocycles. The minimum atomic E-state index is -0.129. The summed E-state index contributed by atoms with van der Waals surface area (Å²) in [6.45, 7) is 5.13. The number of amides is 1. The molecule has 0 aliphatic carbocycles. The molecule has 0 bridgehead atoms. The van der Waals surface area contributed by atoms with Gasteiger partial charge in [-0.1, -0.05) is 42.5 Å². The van der Waals surface area contributed by atoms with E-state index in [9.17, 15) is 4.79 Å². The van der Waals surface area contributed by atoms with E-state index in [1.54, 1.807) is 34.1 Å². The van der Waals surface area contributed by atoms with E-state index in [1.807, 2.05) is 24.3 Å². The topological polar surface area (TPSA) is 89.7 Å². The maximum atomic E-state index is 13.0. The largest absolute Gasteiger partial charge is 0.282 e. The van der Waals surface area contributed by atoms with E-state index in [2.05, 4.69) is 39.3 Å². The summed E-state index contributed by atoms with van der Waals surface area (Å²) in [7, 11) is 0. The second-order valence-corrected chi connectivity index (χ2v) is 7.81. The van der Waals surface area contributed by atoms with Gasteiger partial charge in [-0.05, 0) is 30.2 Å². The molecule has 4 aromatic rings. The summed E-state index contributed by atoms with van der Waals surface area (Å²) in [5.41, 5.74) is 2.30. The van der Waals surface area contributed by atoms with Crippen LogP contribution < -0.4 is 4.90 Å². The van der Waals surface area contributed by atoms with Crippen LogP contribution in [0.25, 0.3) is 11.0 Å². The molecule has 0 saturated carbocycles. The second-order valence-electron chi connectivity index (χ2n) is 6.77. The van der Waals surface area contributed by atoms with Crippen LogP contribution in [-0.4, -0.2) is 42.6 Å². The monoisotopic (exact) mass is 393 g/mol. The molecule has 0 N–H and O–H groups in total. The number of pyridine rings is 1. The Morgan fingerprint density at radius 2 is 2.00 bits per heavy atom. The molecule has 0 spiro atoms. The Labute approximate surface area is 165 Å². The summed E-state index contributed by atoms with van der Waals surface area (Å²) in [5.74, 6) is 0.155. The van der Waals surface area contributed by atoms with Crippen LogP contribution in [0, 0.1) is 5.92 Å². The van der Waals surface area contributed by atoms with Crippen molar-refractivity contribution in [3.05, 3.63) is 59.4 Å². The number of carbonyl (C=O) groups is 1. The first-order chi connectivity index (χ1) is 13.6. The SMILES string of the molecule is CC(C)CN(C(=O)c1cccnc1)c1nnc(Cn2nnc3ccccc32)s1. The van der Waals surface area contributed by atoms with Gasteiger partial charge in [0.05, 0.1) is 17.6 Å². The smallest absolute Gasteiger partial charge is 0.261 e. The summed E-state index contributed by atoms with van der Waals surface area (Å²) in [6, 6.07) is 11.3. The highest BCUT2D eigenvalue weighted by Gasteiger charge is 2.23. The van der Waals surface area contributed by atoms with Crippen LogP contribution >= 0.6 is 11.3 Å². The standard InChI is InChI=1S/C19H19N7OS/c1-13(2)11-25(18(27)14-6-5-9-20-10-14)19-23-22-17(28-19)12-26-16-8-4-3-7-15(16)21-24-26/h3-10,13H,11-12H2,1-2H3. The van der Waals surface area contributed by atoms with Crippen LogP contribution in [0.3, 0.4) is 0 Å². The molecule has 1 amide bonds. The van der Waals surface area contributed by atoms with E-state index in [4.69, 9.17) is 0 Å². The molecule has 0 aliphatic rings. The summed E-state index contributed by atoms with van der Waals surface area (Å²) >= 11 is 1.39. The molecule has 0 fully saturated rings. The molecule has 1 aromatic carbocycles. The van der Waals surface area contributed by atoms with E-state index in [-0.39, 0.29) is 11.8 Å². The average Bonchev–Trinajstić information content (AvgIpc) is 3.34. The lowest BCUT2D eigenvalue weighted by Crippen LogP contribution is -2.34. The molecule has 3 heterocycles. The molecular weight excluding hydrogens is 374 g/mol. The number of aromatic nitrogens is 6. The predicted octanol–water partition coefficient (Wildman–Crippen LogP) is 3.03. The van der Waals surface area contributed by atoms with Gasteiger partial charge in [0.1, 0.15) is 10.5 Å². The van der Waals surface area contributed by atoms with E-state index in [1.165, 1.54) is 11.3 Å². The first-order valence-electron chi connectivity index (χ1n) is 8.94. The number of benzene rings is 1. The lowest BCUT2D eigenvalue weighted by Gasteiger charge is -2.21. The van der Waals surface area contributed by atoms with Crippen LogP contribution in [-0.2, 0) is 6.54 Å². The van der Waals surface area contributed by atoms with Gasteiger partial charge in [-0.15, -0.1) is 15.3 Å². The molecule has 28 heavy (non-hydrogen) atoms. The molecular formula is C19H19N7OS. The number of para-hydroxylation sites is 1. The van der Waals surface area contributed by atoms with Crippen molar-refractivity contribution in [3.8, 4) is 0 Å². The van der Waals surface area contributed by atoms with Crippen LogP contribution in [0.15, 0.2) is 48.8 Å². The number of anilines is 1. The molecule has 142 valence electrons. The normalized spacial score (nSPS) is 11.2. The van der Waals surface area contributed by atoms with Gasteiger partial charge in [-0.2, -0.15) is 0 Å². The number of rotatable bonds is 6. The van der Waals surface area contributed by atoms with Crippen LogP contribution in [0.1, 0.15) is 29.2 Å². The molecule has 0 atom stereocenters. The molecule has 8 nitrogen and oxygen atoms in total. The lowest BCUT2D eigenvalue weighted by atomic mass is 10.2. The molecule has 4 rings (SSSR count). The minimum absolute atomic E-state index is 0.129. The van der Waals surface area contributed by atoms with Crippen molar-refractivity contribution in [1.82, 2.24) is 30.2 Å². The fourth-order valence-electron chi connectivity index (χ4n) is 2.84. The minimum Gasteiger partial charge on any atom is -0.282 e. The van der Waals surface area contributed by atoms with Gasteiger partial charge >= 0.3 is 0 Å². The first kappa shape index (κ1) is 18.2. The third-order valence-corrected chi connectivity index (χ3v) is 5.02. The molecule has 3 aromatic heterocycles. The molecule has 0 saturated heterocycles. The molecule has 9 heteroatoms. The molecule has 0 unspecified atom stereocenters. The van der Waals surface area contributed by atoms with Crippen molar-refractivity contribution >= 4 is 33.4 Å². The van der Waals surface area contributed by atoms with E-state index in [0.29, 0.717) is 23.8 Å². The average molecular weight is 393 g/mol. The van der Waals surface area contributed by atoms with Crippen LogP contribution in [0.4, 0.5) is 5.13 Å². The van der Waals surface area contributed by atoms with Gasteiger partial charge in [0.2, 0.25) is 5.13 Å². The first-order valence-corrected chi connectivity index (χ1v) is 9.76. The highest BCUT2D eigenvalue weighted by molar-refractivity contribution is 7.15. The Bertz CT molecular complexity index is 1090. The highest BCUT2D eigenvalue weighted by atomic mass is 32.1. The van der Waals surface area contributed by atoms with Gasteiger partial charge in [0.15, 0.2) is 0 Å². The Balaban J connectivity index is 1.60. The van der Waals surface area contributed by atoms with Crippen molar-refractivity contribution in [3.63, 3.8) is 0 Å². The fraction of sp³-hybridized carbons (Fsp3) is 0.263. The van der Waals surface area contributed by atoms with Crippen molar-refractivity contribution in [2.75, 3.05) is 11.4 Å². The van der Waals surface area contributed by atoms with E-state index < -0.39 is 0 Å². The van der Waals surface area contributed by atoms with Crippen molar-refractivity contribution < 1.29 is 4.79 Å². The number of hydrogen-bond donors (Lipinski definition) is 0. The van der Waals surface area contributed by atoms with Crippen molar-refractivity contribution in [2.45, 2.75) is 20.4 Å². The van der Waals surface area contributed by atoms with Gasteiger partial charge in [-0.3, -0.25) is 14.7 Å². The number of fused-ring (bicyclic) bond motifs is 1. The third-order valence-electron chi connectivity index (χ3n) is 4.09. The second kappa shape index (κ2) is 7.81. The van der Waals surface area contributed by atoms with Crippen LogP contribution in [0.5, 0.6) is 0 Å². The zero-order valence-electron chi connectivity index (χ0n) is 15.6. The van der Waals surface area contributed by atoms with Crippen molar-refractivity contribution in [1.29, 1.82) is 0 Å². The lowest BCUT2D eigenvalue weighted by molar-refractivity contribution is 0.0983. The van der Waals surface area contributed by atoms with Gasteiger partial charge < -0.3 is 0 Å². The Morgan fingerprint density at radius 1 is 1.14 bits per heavy atom. The molecule has 0 radical (unpaired) electrons. The number of nitrogens with zero attached hydrogens (tertiary/aromatic N) is 7. The fourth-order valence-corrected chi connectivity index (χ4v) is 3.67. The maximum absolute atomic E-state index is 13.0. The van der Waals surface area contributed by atoms with Gasteiger partial charge in [0.25, 0.3) is 5.91 Å². The Kier molecular flexibility index (Phi) is 5.07. The van der Waals surface area contributed by atoms with Crippen LogP contribution in [0.2, 0.25) is 0 Å². The van der Waals surface area contributed by atoms with E-state index >= 15 is 0 Å². The number of hydrogen-bond acceptors (Lipinski definition) is 7. The zero-order chi connectivity index (χ0) is 19.5. The predicted molar refractivity (Wildman–Crippen MR) is 107 cm³/mol. The van der Waals surface area contributed by atoms with Gasteiger partial charge in [0, 0.05) is 18.9 Å². The Hall–Kier alpha value is -3.20. The summed E-state index contributed by atoms with van der Waals surface area (Å²) in [5, 5.41) is 18.2. The maximum Gasteiger partial charge on any atom is 0.261 e. The summed E-state index contributed by atoms with van der Waals surface area (Å²) in [6.07, 6.45) is 3.22. The quantitative estimate of drug-likeness (QED) is 0.500. The summed E-state index contributed by atoms with van der Waals surface area (Å²) in [4.78, 5) is 18.7. The van der Waals surface area contributed by atoms with Crippen molar-refractivity contribution in [2.24, 2.45) is 5.92 Å². The highest BCUT2D eigenvalue weighted by Crippen LogP contribution is 2.24. The van der Waals surface area contributed by atoms with E-state index in [0.717, 1.165) is 16.0 Å². The third kappa shape index (κ3) is 3.74. The Morgan fingerprint density at radius 3 is 2.79 bits per heavy atom. The zero-order valence-corrected chi connectivity index (χ0v) is 16.4. The number of carbonyl (C=O) groups excluding carboxylic acids is 1. The summed E-state index contributed by atoms with van der Waals surface area (Å²) < 4.78 is 1.79. The van der Waals surface area contributed by atoms with Gasteiger partial charge in [-0.25, -0.2) is 4.68 Å².